The van der Waals surface area contributed by atoms with Crippen molar-refractivity contribution in [2.75, 3.05) is 0 Å². The molecule has 3 heteroatoms. The molecule has 2 aliphatic rings. The molecule has 2 rings (SSSR count). The Balaban J connectivity index is 2.23. The number of nitrogens with one attached hydrogen (secondary N) is 1. The van der Waals surface area contributed by atoms with Gasteiger partial charge in [0, 0.05) is 11.4 Å². The minimum absolute atomic E-state index is 0.0688. The summed E-state index contributed by atoms with van der Waals surface area (Å²) in [6.45, 7) is 10.3. The second-order valence-electron chi connectivity index (χ2n) is 5.97. The quantitative estimate of drug-likeness (QED) is 0.585. The van der Waals surface area contributed by atoms with E-state index in [1.54, 1.807) is 0 Å². The van der Waals surface area contributed by atoms with Crippen molar-refractivity contribution in [3.05, 3.63) is 12.7 Å². The van der Waals surface area contributed by atoms with E-state index >= 15 is 0 Å². The van der Waals surface area contributed by atoms with E-state index in [2.05, 4.69) is 32.7 Å². The normalized spacial score (nSPS) is 44.4. The fourth-order valence-electron chi connectivity index (χ4n) is 3.68. The number of rotatable bonds is 2. The lowest BCUT2D eigenvalue weighted by Gasteiger charge is -2.39. The molecule has 0 aromatic heterocycles. The third-order valence-electron chi connectivity index (χ3n) is 5.22. The molecule has 0 heterocycles. The molecule has 2 fully saturated rings. The van der Waals surface area contributed by atoms with Crippen molar-refractivity contribution in [3.63, 3.8) is 0 Å². The van der Waals surface area contributed by atoms with Crippen LogP contribution in [0.2, 0.25) is 0 Å². The molecule has 16 heavy (non-hydrogen) atoms. The molecule has 2 nitrogen and oxygen atoms in total. The zero-order chi connectivity index (χ0) is 12.1. The number of fused-ring (bicyclic) bond motifs is 2. The van der Waals surface area contributed by atoms with Gasteiger partial charge in [-0.05, 0) is 35.7 Å². The first kappa shape index (κ1) is 12.0. The Kier molecular flexibility index (Phi) is 2.61. The standard InChI is InChI=1S/C13H20ClNO/c1-5-11(16)15-10-6-8-9(14)7-13(10,4)12(8,2)3/h5,8-10H,1,6-7H2,2-4H3,(H,15,16). The summed E-state index contributed by atoms with van der Waals surface area (Å²) in [4.78, 5) is 11.4. The average molecular weight is 242 g/mol. The lowest BCUT2D eigenvalue weighted by Crippen LogP contribution is -2.47. The largest absolute Gasteiger partial charge is 0.349 e. The maximum absolute atomic E-state index is 11.4. The molecule has 0 aliphatic heterocycles. The average Bonchev–Trinajstić information content (AvgIpc) is 2.47. The molecule has 0 aromatic carbocycles. The fraction of sp³-hybridized carbons (Fsp3) is 0.769. The molecule has 0 aromatic rings. The van der Waals surface area contributed by atoms with Gasteiger partial charge in [-0.25, -0.2) is 0 Å². The number of hydrogen-bond donors (Lipinski definition) is 1. The maximum atomic E-state index is 11.4. The lowest BCUT2D eigenvalue weighted by molar-refractivity contribution is -0.118. The van der Waals surface area contributed by atoms with Crippen LogP contribution in [-0.2, 0) is 4.79 Å². The Morgan fingerprint density at radius 2 is 2.12 bits per heavy atom. The van der Waals surface area contributed by atoms with E-state index in [-0.39, 0.29) is 28.2 Å². The van der Waals surface area contributed by atoms with Gasteiger partial charge in [-0.15, -0.1) is 11.6 Å². The van der Waals surface area contributed by atoms with Gasteiger partial charge in [-0.2, -0.15) is 0 Å². The summed E-state index contributed by atoms with van der Waals surface area (Å²) in [6.07, 6.45) is 3.34. The first-order valence-electron chi connectivity index (χ1n) is 5.90. The second-order valence-corrected chi connectivity index (χ2v) is 6.53. The van der Waals surface area contributed by atoms with E-state index in [1.165, 1.54) is 6.08 Å². The maximum Gasteiger partial charge on any atom is 0.243 e. The number of hydrogen-bond acceptors (Lipinski definition) is 1. The van der Waals surface area contributed by atoms with E-state index in [9.17, 15) is 4.79 Å². The molecule has 4 unspecified atom stereocenters. The van der Waals surface area contributed by atoms with Crippen molar-refractivity contribution in [1.82, 2.24) is 5.32 Å². The Bertz CT molecular complexity index is 339. The van der Waals surface area contributed by atoms with E-state index in [0.29, 0.717) is 5.92 Å². The van der Waals surface area contributed by atoms with Crippen LogP contribution in [0.1, 0.15) is 33.6 Å². The highest BCUT2D eigenvalue weighted by atomic mass is 35.5. The van der Waals surface area contributed by atoms with Gasteiger partial charge in [0.1, 0.15) is 0 Å². The number of halogens is 1. The second kappa shape index (κ2) is 3.49. The van der Waals surface area contributed by atoms with E-state index < -0.39 is 0 Å². The number of amides is 1. The third-order valence-corrected chi connectivity index (χ3v) is 5.67. The van der Waals surface area contributed by atoms with Crippen LogP contribution < -0.4 is 5.32 Å². The van der Waals surface area contributed by atoms with Crippen LogP contribution >= 0.6 is 11.6 Å². The SMILES string of the molecule is C=CC(=O)NC1CC2C(Cl)CC1(C)C2(C)C. The molecule has 1 amide bonds. The monoisotopic (exact) mass is 241 g/mol. The smallest absolute Gasteiger partial charge is 0.243 e. The summed E-state index contributed by atoms with van der Waals surface area (Å²) in [5.41, 5.74) is 0.321. The van der Waals surface area contributed by atoms with Crippen LogP contribution in [-0.4, -0.2) is 17.3 Å². The van der Waals surface area contributed by atoms with Crippen molar-refractivity contribution >= 4 is 17.5 Å². The predicted molar refractivity (Wildman–Crippen MR) is 66.4 cm³/mol. The summed E-state index contributed by atoms with van der Waals surface area (Å²) in [5.74, 6) is 0.440. The van der Waals surface area contributed by atoms with Gasteiger partial charge in [-0.3, -0.25) is 4.79 Å². The van der Waals surface area contributed by atoms with Crippen LogP contribution in [0.15, 0.2) is 12.7 Å². The molecule has 0 radical (unpaired) electrons. The molecule has 2 aliphatic carbocycles. The highest BCUT2D eigenvalue weighted by Crippen LogP contribution is 2.66. The zero-order valence-corrected chi connectivity index (χ0v) is 11.0. The van der Waals surface area contributed by atoms with Gasteiger partial charge in [-0.1, -0.05) is 27.4 Å². The Hall–Kier alpha value is -0.500. The lowest BCUT2D eigenvalue weighted by atomic mass is 9.69. The highest BCUT2D eigenvalue weighted by Gasteiger charge is 2.65. The first-order chi connectivity index (χ1) is 7.33. The molecule has 2 saturated carbocycles. The van der Waals surface area contributed by atoms with Crippen molar-refractivity contribution < 1.29 is 4.79 Å². The van der Waals surface area contributed by atoms with Crippen LogP contribution in [0, 0.1) is 16.7 Å². The minimum Gasteiger partial charge on any atom is -0.349 e. The zero-order valence-electron chi connectivity index (χ0n) is 10.2. The van der Waals surface area contributed by atoms with Gasteiger partial charge in [0.05, 0.1) is 0 Å². The molecule has 4 atom stereocenters. The molecular formula is C13H20ClNO. The van der Waals surface area contributed by atoms with Crippen LogP contribution in [0.25, 0.3) is 0 Å². The van der Waals surface area contributed by atoms with Gasteiger partial charge in [0.2, 0.25) is 5.91 Å². The van der Waals surface area contributed by atoms with Gasteiger partial charge >= 0.3 is 0 Å². The van der Waals surface area contributed by atoms with Gasteiger partial charge in [0.25, 0.3) is 0 Å². The van der Waals surface area contributed by atoms with Crippen molar-refractivity contribution in [1.29, 1.82) is 0 Å². The van der Waals surface area contributed by atoms with Gasteiger partial charge < -0.3 is 5.32 Å². The summed E-state index contributed by atoms with van der Waals surface area (Å²) in [5, 5.41) is 3.32. The summed E-state index contributed by atoms with van der Waals surface area (Å²) >= 11 is 6.39. The first-order valence-corrected chi connectivity index (χ1v) is 6.33. The number of carbonyl (C=O) groups excluding carboxylic acids is 1. The Labute approximate surface area is 102 Å². The Morgan fingerprint density at radius 1 is 1.50 bits per heavy atom. The van der Waals surface area contributed by atoms with E-state index in [4.69, 9.17) is 11.6 Å². The highest BCUT2D eigenvalue weighted by molar-refractivity contribution is 6.21. The molecule has 1 N–H and O–H groups in total. The predicted octanol–water partition coefficient (Wildman–Crippen LogP) is 2.72. The Morgan fingerprint density at radius 3 is 2.50 bits per heavy atom. The summed E-state index contributed by atoms with van der Waals surface area (Å²) < 4.78 is 0. The van der Waals surface area contributed by atoms with Crippen molar-refractivity contribution in [2.45, 2.75) is 45.0 Å². The molecule has 0 saturated heterocycles. The number of alkyl halides is 1. The number of carbonyl (C=O) groups is 1. The summed E-state index contributed by atoms with van der Waals surface area (Å²) in [6, 6.07) is 0.244. The fourth-order valence-corrected chi connectivity index (χ4v) is 4.42. The van der Waals surface area contributed by atoms with Crippen molar-refractivity contribution in [3.8, 4) is 0 Å². The van der Waals surface area contributed by atoms with Gasteiger partial charge in [0.15, 0.2) is 0 Å². The van der Waals surface area contributed by atoms with Crippen LogP contribution in [0.5, 0.6) is 0 Å². The molecule has 2 bridgehead atoms. The van der Waals surface area contributed by atoms with Crippen LogP contribution in [0.3, 0.4) is 0 Å². The van der Waals surface area contributed by atoms with Crippen LogP contribution in [0.4, 0.5) is 0 Å². The summed E-state index contributed by atoms with van der Waals surface area (Å²) in [7, 11) is 0. The minimum atomic E-state index is -0.0688. The molecule has 0 spiro atoms. The van der Waals surface area contributed by atoms with Crippen molar-refractivity contribution in [2.24, 2.45) is 16.7 Å². The van der Waals surface area contributed by atoms with E-state index in [1.807, 2.05) is 0 Å². The molecular weight excluding hydrogens is 222 g/mol. The topological polar surface area (TPSA) is 29.1 Å². The third kappa shape index (κ3) is 1.35. The molecule has 90 valence electrons. The van der Waals surface area contributed by atoms with E-state index in [0.717, 1.165) is 12.8 Å².